The minimum Gasteiger partial charge on any atom is -0.451 e. The standard InChI is InChI=1S/C58H78F4N12O16S2/c1-39(53(75)71-55(63)64)33-41-35-47(59)51(48(60)36-41)89-43-7-11-45(12-8-43)91(79,80)69-17-23-85-27-31-87-29-25-83-21-15-67-57(77)73(3)19-5-6-20-74(4)58(78)68-16-22-84-26-30-88-32-28-86-24-18-70-92(81,82)46-13-9-44(10-14-46)90-52-49(61)37-42(38-50(52)62)34-40(2)54(76)72-56(65)66/h7-14,33-38,69-70H,5-6,15-32H2,1-4H3,(H,67,77)(H,68,78)(H4,63,64,71,75)(H4,65,66,72,76)/b39-33+,40-34+. The molecule has 0 heterocycles. The van der Waals surface area contributed by atoms with Crippen molar-refractivity contribution >= 4 is 68.0 Å². The van der Waals surface area contributed by atoms with Crippen molar-refractivity contribution < 1.29 is 91.5 Å². The molecule has 0 unspecified atom stereocenters. The van der Waals surface area contributed by atoms with Crippen LogP contribution in [0.2, 0.25) is 0 Å². The van der Waals surface area contributed by atoms with E-state index in [1.807, 2.05) is 0 Å². The number of benzene rings is 4. The molecule has 34 heteroatoms. The van der Waals surface area contributed by atoms with E-state index in [1.165, 1.54) is 84.3 Å². The van der Waals surface area contributed by atoms with E-state index in [2.05, 4.69) is 30.1 Å². The van der Waals surface area contributed by atoms with Crippen molar-refractivity contribution in [2.24, 2.45) is 32.9 Å². The minimum atomic E-state index is -3.96. The zero-order valence-electron chi connectivity index (χ0n) is 51.2. The van der Waals surface area contributed by atoms with E-state index in [-0.39, 0.29) is 161 Å². The van der Waals surface area contributed by atoms with Gasteiger partial charge in [-0.15, -0.1) is 0 Å². The molecule has 506 valence electrons. The van der Waals surface area contributed by atoms with Gasteiger partial charge >= 0.3 is 12.1 Å². The van der Waals surface area contributed by atoms with Crippen LogP contribution in [0.3, 0.4) is 0 Å². The molecule has 92 heavy (non-hydrogen) atoms. The fraction of sp³-hybridized carbons (Fsp3) is 0.414. The van der Waals surface area contributed by atoms with E-state index in [1.54, 1.807) is 14.1 Å². The molecule has 0 saturated carbocycles. The largest absolute Gasteiger partial charge is 0.451 e. The maximum absolute atomic E-state index is 14.8. The van der Waals surface area contributed by atoms with E-state index in [9.17, 15) is 53.6 Å². The first-order valence-corrected chi connectivity index (χ1v) is 31.3. The number of ether oxygens (including phenoxy) is 8. The highest BCUT2D eigenvalue weighted by atomic mass is 32.2. The van der Waals surface area contributed by atoms with Crippen LogP contribution in [0.1, 0.15) is 37.8 Å². The van der Waals surface area contributed by atoms with Crippen LogP contribution in [0.5, 0.6) is 23.0 Å². The molecular weight excluding hydrogens is 1260 g/mol. The summed E-state index contributed by atoms with van der Waals surface area (Å²) in [6.45, 7) is 6.49. The lowest BCUT2D eigenvalue weighted by Gasteiger charge is -2.20. The molecule has 0 aromatic heterocycles. The highest BCUT2D eigenvalue weighted by Gasteiger charge is 2.20. The van der Waals surface area contributed by atoms with Crippen molar-refractivity contribution in [2.75, 3.05) is 133 Å². The van der Waals surface area contributed by atoms with E-state index < -0.39 is 78.5 Å². The molecule has 4 aromatic carbocycles. The zero-order chi connectivity index (χ0) is 67.6. The maximum atomic E-state index is 14.8. The summed E-state index contributed by atoms with van der Waals surface area (Å²) in [5, 5.41) is 5.54. The lowest BCUT2D eigenvalue weighted by atomic mass is 10.1. The third-order valence-corrected chi connectivity index (χ3v) is 15.1. The number of guanidine groups is 2. The Bertz CT molecular complexity index is 3150. The molecule has 4 aromatic rings. The number of rotatable bonds is 41. The first-order chi connectivity index (χ1) is 43.8. The van der Waals surface area contributed by atoms with Gasteiger partial charge in [0.05, 0.1) is 89.1 Å². The summed E-state index contributed by atoms with van der Waals surface area (Å²) in [5.74, 6) is -8.39. The fourth-order valence-corrected chi connectivity index (χ4v) is 9.57. The topological polar surface area (TPSA) is 394 Å². The summed E-state index contributed by atoms with van der Waals surface area (Å²) < 4.78 is 158. The van der Waals surface area contributed by atoms with Gasteiger partial charge in [0.25, 0.3) is 11.8 Å². The number of urea groups is 2. The second-order valence-electron chi connectivity index (χ2n) is 19.6. The number of nitrogens with two attached hydrogens (primary N) is 4. The van der Waals surface area contributed by atoms with Gasteiger partial charge in [0, 0.05) is 64.5 Å². The molecule has 0 aliphatic carbocycles. The Labute approximate surface area is 530 Å². The number of sulfonamides is 2. The second-order valence-corrected chi connectivity index (χ2v) is 23.1. The van der Waals surface area contributed by atoms with Crippen molar-refractivity contribution in [3.63, 3.8) is 0 Å². The van der Waals surface area contributed by atoms with Crippen LogP contribution in [0.4, 0.5) is 27.2 Å². The molecule has 0 spiro atoms. The molecule has 0 aliphatic rings. The first-order valence-electron chi connectivity index (χ1n) is 28.4. The van der Waals surface area contributed by atoms with Crippen molar-refractivity contribution in [3.8, 4) is 23.0 Å². The lowest BCUT2D eigenvalue weighted by Crippen LogP contribution is -2.40. The zero-order valence-corrected chi connectivity index (χ0v) is 52.8. The number of nitrogens with zero attached hydrogens (tertiary/aromatic N) is 4. The number of nitrogens with one attached hydrogen (secondary N) is 4. The predicted octanol–water partition coefficient (Wildman–Crippen LogP) is 3.65. The Morgan fingerprint density at radius 1 is 0.467 bits per heavy atom. The van der Waals surface area contributed by atoms with Gasteiger partial charge in [0.1, 0.15) is 11.5 Å². The molecule has 0 bridgehead atoms. The van der Waals surface area contributed by atoms with E-state index in [0.29, 0.717) is 25.9 Å². The smallest absolute Gasteiger partial charge is 0.317 e. The summed E-state index contributed by atoms with van der Waals surface area (Å²) in [5.41, 5.74) is 20.8. The lowest BCUT2D eigenvalue weighted by molar-refractivity contribution is -0.115. The van der Waals surface area contributed by atoms with Gasteiger partial charge in [0.2, 0.25) is 20.0 Å². The molecule has 0 fully saturated rings. The van der Waals surface area contributed by atoms with E-state index in [4.69, 9.17) is 60.8 Å². The van der Waals surface area contributed by atoms with Gasteiger partial charge in [-0.3, -0.25) is 9.59 Å². The Balaban J connectivity index is 0.919. The number of hydrogen-bond donors (Lipinski definition) is 8. The van der Waals surface area contributed by atoms with Crippen LogP contribution in [-0.2, 0) is 58.1 Å². The number of carbonyl (C=O) groups is 4. The van der Waals surface area contributed by atoms with Gasteiger partial charge in [0.15, 0.2) is 46.7 Å². The Morgan fingerprint density at radius 3 is 1.04 bits per heavy atom. The van der Waals surface area contributed by atoms with E-state index >= 15 is 0 Å². The summed E-state index contributed by atoms with van der Waals surface area (Å²) in [6, 6.07) is 12.9. The van der Waals surface area contributed by atoms with Crippen molar-refractivity contribution in [3.05, 3.63) is 118 Å². The summed E-state index contributed by atoms with van der Waals surface area (Å²) >= 11 is 0. The van der Waals surface area contributed by atoms with Crippen LogP contribution in [-0.4, -0.2) is 195 Å². The molecule has 0 atom stereocenters. The number of hydrogen-bond acceptors (Lipinski definition) is 16. The van der Waals surface area contributed by atoms with Crippen LogP contribution in [0, 0.1) is 23.3 Å². The third kappa shape index (κ3) is 28.5. The van der Waals surface area contributed by atoms with Crippen LogP contribution in [0.15, 0.2) is 104 Å². The van der Waals surface area contributed by atoms with Crippen molar-refractivity contribution in [1.29, 1.82) is 0 Å². The number of halogens is 4. The highest BCUT2D eigenvalue weighted by Crippen LogP contribution is 2.32. The normalized spacial score (nSPS) is 11.8. The van der Waals surface area contributed by atoms with Gasteiger partial charge in [-0.05, 0) is 123 Å². The molecule has 6 amide bonds. The van der Waals surface area contributed by atoms with Crippen LogP contribution >= 0.6 is 0 Å². The first kappa shape index (κ1) is 76.1. The monoisotopic (exact) mass is 1340 g/mol. The van der Waals surface area contributed by atoms with Gasteiger partial charge < -0.3 is 81.3 Å². The van der Waals surface area contributed by atoms with Gasteiger partial charge in [-0.1, -0.05) is 0 Å². The average Bonchev–Trinajstić information content (AvgIpc) is 0.897. The molecule has 4 rings (SSSR count). The van der Waals surface area contributed by atoms with Crippen molar-refractivity contribution in [2.45, 2.75) is 36.5 Å². The Hall–Kier alpha value is -8.32. The second kappa shape index (κ2) is 39.8. The number of carbonyl (C=O) groups excluding carboxylic acids is 4. The Kier molecular flexibility index (Phi) is 33.0. The molecule has 0 radical (unpaired) electrons. The average molecular weight is 1340 g/mol. The van der Waals surface area contributed by atoms with Crippen LogP contribution < -0.4 is 52.5 Å². The number of amides is 6. The van der Waals surface area contributed by atoms with Crippen molar-refractivity contribution in [1.82, 2.24) is 29.9 Å². The third-order valence-electron chi connectivity index (χ3n) is 12.2. The summed E-state index contributed by atoms with van der Waals surface area (Å²) in [6.07, 6.45) is 3.68. The number of unbranched alkanes of at least 4 members (excludes halogenated alkanes) is 1. The SMILES string of the molecule is C/C(=C\c1cc(F)c(Oc2ccc(S(=O)(=O)NCCOCCOCCOCCNC(=O)N(C)CCCCN(C)C(=O)NCCOCCOCCOCCNS(=O)(=O)c3ccc(Oc4c(F)cc(/C=C(\C)C(=O)N=C(N)N)cc4F)cc3)cc2)c(F)c1)C(=O)N=C(N)N. The molecule has 0 saturated heterocycles. The van der Waals surface area contributed by atoms with Gasteiger partial charge in [-0.2, -0.15) is 9.98 Å². The Morgan fingerprint density at radius 2 is 0.750 bits per heavy atom. The quantitative estimate of drug-likeness (QED) is 0.0103. The van der Waals surface area contributed by atoms with Crippen LogP contribution in [0.25, 0.3) is 12.2 Å². The summed E-state index contributed by atoms with van der Waals surface area (Å²) in [7, 11) is -4.60. The number of aliphatic imine (C=N–C) groups is 2. The highest BCUT2D eigenvalue weighted by molar-refractivity contribution is 7.89. The van der Waals surface area contributed by atoms with Gasteiger partial charge in [-0.25, -0.2) is 53.4 Å². The predicted molar refractivity (Wildman–Crippen MR) is 331 cm³/mol. The molecule has 12 N–H and O–H groups in total. The maximum Gasteiger partial charge on any atom is 0.317 e. The molecule has 0 aliphatic heterocycles. The van der Waals surface area contributed by atoms with E-state index in [0.717, 1.165) is 24.3 Å². The minimum absolute atomic E-state index is 0.00776. The summed E-state index contributed by atoms with van der Waals surface area (Å²) in [4.78, 5) is 58.4. The molecule has 28 nitrogen and oxygen atoms in total. The fourth-order valence-electron chi connectivity index (χ4n) is 7.54. The molecular formula is C58H78F4N12O16S2.